The molecule has 0 unspecified atom stereocenters. The monoisotopic (exact) mass is 440 g/mol. The molecule has 0 bridgehead atoms. The first-order chi connectivity index (χ1) is 15.1. The summed E-state index contributed by atoms with van der Waals surface area (Å²) in [6.45, 7) is 5.39. The average Bonchev–Trinajstić information content (AvgIpc) is 3.22. The van der Waals surface area contributed by atoms with Crippen molar-refractivity contribution in [2.75, 3.05) is 43.1 Å². The number of pyridine rings is 1. The van der Waals surface area contributed by atoms with E-state index < -0.39 is 0 Å². The van der Waals surface area contributed by atoms with E-state index in [0.717, 1.165) is 34.6 Å². The Morgan fingerprint density at radius 3 is 2.87 bits per heavy atom. The second-order valence-corrected chi connectivity index (χ2v) is 8.06. The van der Waals surface area contributed by atoms with Gasteiger partial charge in [-0.1, -0.05) is 6.07 Å². The van der Waals surface area contributed by atoms with Gasteiger partial charge in [-0.2, -0.15) is 0 Å². The Kier molecular flexibility index (Phi) is 6.63. The third kappa shape index (κ3) is 5.12. The lowest BCUT2D eigenvalue weighted by atomic mass is 10.2. The Morgan fingerprint density at radius 2 is 2.06 bits per heavy atom. The van der Waals surface area contributed by atoms with Gasteiger partial charge < -0.3 is 25.0 Å². The molecule has 0 atom stereocenters. The minimum absolute atomic E-state index is 0.308. The molecule has 1 aliphatic rings. The Labute approximate surface area is 184 Å². The minimum Gasteiger partial charge on any atom is -0.462 e. The summed E-state index contributed by atoms with van der Waals surface area (Å²) in [5.41, 5.74) is 1.60. The lowest BCUT2D eigenvalue weighted by Gasteiger charge is -2.29. The van der Waals surface area contributed by atoms with E-state index in [1.165, 1.54) is 11.3 Å². The molecule has 1 saturated heterocycles. The number of benzene rings is 1. The van der Waals surface area contributed by atoms with Crippen LogP contribution in [0.2, 0.25) is 0 Å². The maximum absolute atomic E-state index is 12.5. The fourth-order valence-corrected chi connectivity index (χ4v) is 4.34. The van der Waals surface area contributed by atoms with Crippen molar-refractivity contribution in [2.24, 2.45) is 0 Å². The summed E-state index contributed by atoms with van der Waals surface area (Å²) in [6, 6.07) is 10.9. The first-order valence-electron chi connectivity index (χ1n) is 10.2. The third-order valence-electron chi connectivity index (χ3n) is 4.87. The number of nitrogens with one attached hydrogen (secondary N) is 2. The van der Waals surface area contributed by atoms with Gasteiger partial charge in [0.15, 0.2) is 0 Å². The van der Waals surface area contributed by atoms with Gasteiger partial charge >= 0.3 is 12.0 Å². The maximum Gasteiger partial charge on any atom is 0.348 e. The average molecular weight is 441 g/mol. The summed E-state index contributed by atoms with van der Waals surface area (Å²) < 4.78 is 11.4. The van der Waals surface area contributed by atoms with Crippen molar-refractivity contribution in [2.45, 2.75) is 13.5 Å². The van der Waals surface area contributed by atoms with Crippen LogP contribution < -0.4 is 15.5 Å². The largest absolute Gasteiger partial charge is 0.462 e. The zero-order valence-electron chi connectivity index (χ0n) is 17.2. The molecular formula is C22H24N4O4S. The fraction of sp³-hybridized carbons (Fsp3) is 0.318. The summed E-state index contributed by atoms with van der Waals surface area (Å²) in [5.74, 6) is 0.542. The van der Waals surface area contributed by atoms with Crippen LogP contribution in [0.4, 0.5) is 16.3 Å². The first kappa shape index (κ1) is 21.1. The summed E-state index contributed by atoms with van der Waals surface area (Å²) in [7, 11) is 0. The molecule has 0 spiro atoms. The number of rotatable bonds is 6. The summed E-state index contributed by atoms with van der Waals surface area (Å²) in [5, 5.41) is 6.63. The molecule has 9 heteroatoms. The van der Waals surface area contributed by atoms with Gasteiger partial charge in [0.05, 0.1) is 19.8 Å². The van der Waals surface area contributed by atoms with Crippen molar-refractivity contribution >= 4 is 44.9 Å². The van der Waals surface area contributed by atoms with Crippen LogP contribution in [0.1, 0.15) is 22.2 Å². The number of anilines is 2. The van der Waals surface area contributed by atoms with Crippen LogP contribution in [0.5, 0.6) is 0 Å². The van der Waals surface area contributed by atoms with Crippen molar-refractivity contribution in [3.63, 3.8) is 0 Å². The van der Waals surface area contributed by atoms with E-state index in [-0.39, 0.29) is 12.0 Å². The lowest BCUT2D eigenvalue weighted by Crippen LogP contribution is -2.38. The SMILES string of the molecule is CCOC(=O)c1cc2cc(NC(=O)NCc3cccnc3N3CCOCC3)ccc2s1. The molecule has 0 aliphatic carbocycles. The molecule has 0 radical (unpaired) electrons. The van der Waals surface area contributed by atoms with Gasteiger partial charge in [0.2, 0.25) is 0 Å². The summed E-state index contributed by atoms with van der Waals surface area (Å²) in [6.07, 6.45) is 1.76. The van der Waals surface area contributed by atoms with Crippen LogP contribution in [-0.4, -0.2) is 49.9 Å². The highest BCUT2D eigenvalue weighted by Gasteiger charge is 2.16. The molecule has 2 amide bonds. The highest BCUT2D eigenvalue weighted by molar-refractivity contribution is 7.20. The van der Waals surface area contributed by atoms with Crippen LogP contribution in [0.25, 0.3) is 10.1 Å². The number of nitrogens with zero attached hydrogens (tertiary/aromatic N) is 2. The van der Waals surface area contributed by atoms with E-state index in [1.807, 2.05) is 30.3 Å². The summed E-state index contributed by atoms with van der Waals surface area (Å²) in [4.78, 5) is 31.6. The number of carbonyl (C=O) groups excluding carboxylic acids is 2. The Balaban J connectivity index is 1.39. The van der Waals surface area contributed by atoms with Crippen molar-refractivity contribution in [3.8, 4) is 0 Å². The second-order valence-electron chi connectivity index (χ2n) is 6.98. The fourth-order valence-electron chi connectivity index (χ4n) is 3.40. The summed E-state index contributed by atoms with van der Waals surface area (Å²) >= 11 is 1.37. The Bertz CT molecular complexity index is 1080. The Morgan fingerprint density at radius 1 is 1.23 bits per heavy atom. The number of carbonyl (C=O) groups is 2. The number of hydrogen-bond acceptors (Lipinski definition) is 7. The number of aromatic nitrogens is 1. The molecule has 31 heavy (non-hydrogen) atoms. The van der Waals surface area contributed by atoms with E-state index in [9.17, 15) is 9.59 Å². The standard InChI is InChI=1S/C22H24N4O4S/c1-2-30-21(27)19-13-16-12-17(5-6-18(16)31-19)25-22(28)24-14-15-4-3-7-23-20(15)26-8-10-29-11-9-26/h3-7,12-13H,2,8-11,14H2,1H3,(H2,24,25,28). The maximum atomic E-state index is 12.5. The number of ether oxygens (including phenoxy) is 2. The zero-order chi connectivity index (χ0) is 21.6. The van der Waals surface area contributed by atoms with Gasteiger partial charge in [-0.05, 0) is 42.6 Å². The molecule has 3 heterocycles. The predicted molar refractivity (Wildman–Crippen MR) is 121 cm³/mol. The third-order valence-corrected chi connectivity index (χ3v) is 5.96. The van der Waals surface area contributed by atoms with Gasteiger partial charge in [0.1, 0.15) is 10.7 Å². The molecule has 1 aliphatic heterocycles. The van der Waals surface area contributed by atoms with E-state index in [0.29, 0.717) is 36.9 Å². The highest BCUT2D eigenvalue weighted by atomic mass is 32.1. The van der Waals surface area contributed by atoms with Crippen LogP contribution >= 0.6 is 11.3 Å². The molecule has 2 N–H and O–H groups in total. The lowest BCUT2D eigenvalue weighted by molar-refractivity contribution is 0.0532. The van der Waals surface area contributed by atoms with Crippen molar-refractivity contribution < 1.29 is 19.1 Å². The highest BCUT2D eigenvalue weighted by Crippen LogP contribution is 2.28. The number of esters is 1. The number of fused-ring (bicyclic) bond motifs is 1. The topological polar surface area (TPSA) is 92.8 Å². The smallest absolute Gasteiger partial charge is 0.348 e. The molecule has 3 aromatic rings. The second kappa shape index (κ2) is 9.76. The van der Waals surface area contributed by atoms with Gasteiger partial charge in [-0.25, -0.2) is 14.6 Å². The van der Waals surface area contributed by atoms with Gasteiger partial charge in [0, 0.05) is 41.8 Å². The number of hydrogen-bond donors (Lipinski definition) is 2. The van der Waals surface area contributed by atoms with Crippen LogP contribution in [-0.2, 0) is 16.0 Å². The zero-order valence-corrected chi connectivity index (χ0v) is 18.0. The molecule has 162 valence electrons. The van der Waals surface area contributed by atoms with Gasteiger partial charge in [-0.3, -0.25) is 0 Å². The van der Waals surface area contributed by atoms with E-state index in [4.69, 9.17) is 9.47 Å². The van der Waals surface area contributed by atoms with E-state index >= 15 is 0 Å². The predicted octanol–water partition coefficient (Wildman–Crippen LogP) is 3.63. The molecule has 1 aromatic carbocycles. The molecule has 0 saturated carbocycles. The van der Waals surface area contributed by atoms with Crippen molar-refractivity contribution in [3.05, 3.63) is 53.0 Å². The number of thiophene rings is 1. The minimum atomic E-state index is -0.330. The van der Waals surface area contributed by atoms with Crippen LogP contribution in [0, 0.1) is 0 Å². The Hall–Kier alpha value is -3.17. The van der Waals surface area contributed by atoms with Crippen molar-refractivity contribution in [1.29, 1.82) is 0 Å². The van der Waals surface area contributed by atoms with Crippen molar-refractivity contribution in [1.82, 2.24) is 10.3 Å². The normalized spacial score (nSPS) is 13.8. The molecule has 1 fully saturated rings. The number of amides is 2. The number of morpholine rings is 1. The number of urea groups is 1. The molecule has 2 aromatic heterocycles. The molecule has 4 rings (SSSR count). The first-order valence-corrected chi connectivity index (χ1v) is 11.0. The molecule has 8 nitrogen and oxygen atoms in total. The van der Waals surface area contributed by atoms with E-state index in [1.54, 1.807) is 19.2 Å². The van der Waals surface area contributed by atoms with E-state index in [2.05, 4.69) is 20.5 Å². The van der Waals surface area contributed by atoms with Gasteiger partial charge in [0.25, 0.3) is 0 Å². The van der Waals surface area contributed by atoms with Crippen LogP contribution in [0.15, 0.2) is 42.6 Å². The van der Waals surface area contributed by atoms with Gasteiger partial charge in [-0.15, -0.1) is 11.3 Å². The van der Waals surface area contributed by atoms with Crippen LogP contribution in [0.3, 0.4) is 0 Å². The quantitative estimate of drug-likeness (QED) is 0.569. The molecular weight excluding hydrogens is 416 g/mol.